The molecule has 2 unspecified atom stereocenters. The average molecular weight is 290 g/mol. The lowest BCUT2D eigenvalue weighted by molar-refractivity contribution is -0.176. The molecule has 0 aromatic carbocycles. The number of furan rings is 1. The third kappa shape index (κ3) is 4.24. The summed E-state index contributed by atoms with van der Waals surface area (Å²) in [5, 5.41) is 2.88. The van der Waals surface area contributed by atoms with Crippen LogP contribution in [-0.4, -0.2) is 43.3 Å². The second-order valence-corrected chi connectivity index (χ2v) is 5.40. The van der Waals surface area contributed by atoms with Crippen LogP contribution in [0.4, 0.5) is 13.2 Å². The Hall–Kier alpha value is -1.01. The molecule has 1 fully saturated rings. The Bertz CT molecular complexity index is 392. The predicted molar refractivity (Wildman–Crippen MR) is 70.5 cm³/mol. The van der Waals surface area contributed by atoms with Gasteiger partial charge in [0.05, 0.1) is 12.2 Å². The summed E-state index contributed by atoms with van der Waals surface area (Å²) in [7, 11) is 0. The molecule has 1 N–H and O–H groups in total. The van der Waals surface area contributed by atoms with Crippen molar-refractivity contribution in [3.63, 3.8) is 0 Å². The molecular weight excluding hydrogens is 269 g/mol. The summed E-state index contributed by atoms with van der Waals surface area (Å²) in [5.74, 6) is -0.395. The number of nitrogens with zero attached hydrogens (tertiary/aromatic N) is 1. The zero-order valence-corrected chi connectivity index (χ0v) is 11.6. The molecule has 0 aliphatic carbocycles. The molecular formula is C14H21F3N2O. The number of nitrogens with one attached hydrogen (secondary N) is 1. The van der Waals surface area contributed by atoms with Gasteiger partial charge in [-0.3, -0.25) is 4.90 Å². The molecule has 1 aromatic heterocycles. The van der Waals surface area contributed by atoms with Crippen molar-refractivity contribution in [2.24, 2.45) is 5.92 Å². The van der Waals surface area contributed by atoms with Gasteiger partial charge in [0.2, 0.25) is 0 Å². The first-order chi connectivity index (χ1) is 9.47. The van der Waals surface area contributed by atoms with E-state index >= 15 is 0 Å². The van der Waals surface area contributed by atoms with Crippen LogP contribution < -0.4 is 5.32 Å². The molecule has 2 atom stereocenters. The number of hydrogen-bond donors (Lipinski definition) is 1. The Morgan fingerprint density at radius 3 is 2.95 bits per heavy atom. The molecule has 0 spiro atoms. The minimum Gasteiger partial charge on any atom is -0.469 e. The Morgan fingerprint density at radius 1 is 1.50 bits per heavy atom. The molecule has 2 rings (SSSR count). The summed E-state index contributed by atoms with van der Waals surface area (Å²) in [6.07, 6.45) is -0.946. The van der Waals surface area contributed by atoms with Crippen LogP contribution >= 0.6 is 0 Å². The van der Waals surface area contributed by atoms with Crippen LogP contribution in [0.5, 0.6) is 0 Å². The van der Waals surface area contributed by atoms with Crippen LogP contribution in [0.1, 0.15) is 19.1 Å². The van der Waals surface area contributed by atoms with E-state index in [0.717, 1.165) is 18.6 Å². The van der Waals surface area contributed by atoms with E-state index in [9.17, 15) is 13.2 Å². The Balaban J connectivity index is 1.88. The third-order valence-corrected chi connectivity index (χ3v) is 3.90. The number of aryl methyl sites for hydroxylation is 1. The lowest BCUT2D eigenvalue weighted by Gasteiger charge is -2.30. The van der Waals surface area contributed by atoms with E-state index in [1.165, 1.54) is 0 Å². The van der Waals surface area contributed by atoms with Crippen molar-refractivity contribution < 1.29 is 17.6 Å². The van der Waals surface area contributed by atoms with Gasteiger partial charge in [-0.1, -0.05) is 0 Å². The van der Waals surface area contributed by atoms with Crippen LogP contribution in [0.25, 0.3) is 0 Å². The van der Waals surface area contributed by atoms with Crippen LogP contribution in [0, 0.1) is 5.92 Å². The van der Waals surface area contributed by atoms with Crippen molar-refractivity contribution in [2.45, 2.75) is 32.0 Å². The Labute approximate surface area is 117 Å². The van der Waals surface area contributed by atoms with E-state index in [2.05, 4.69) is 5.32 Å². The first-order valence-electron chi connectivity index (χ1n) is 7.00. The van der Waals surface area contributed by atoms with E-state index in [0.29, 0.717) is 13.1 Å². The van der Waals surface area contributed by atoms with Gasteiger partial charge < -0.3 is 9.73 Å². The van der Waals surface area contributed by atoms with E-state index < -0.39 is 12.1 Å². The normalized spacial score (nSPS) is 23.5. The molecule has 2 heterocycles. The van der Waals surface area contributed by atoms with Crippen LogP contribution in [-0.2, 0) is 6.42 Å². The summed E-state index contributed by atoms with van der Waals surface area (Å²) in [5.41, 5.74) is 0. The smallest absolute Gasteiger partial charge is 0.394 e. The van der Waals surface area contributed by atoms with Crippen LogP contribution in [0.15, 0.2) is 22.8 Å². The maximum Gasteiger partial charge on any atom is 0.394 e. The molecule has 1 aromatic rings. The van der Waals surface area contributed by atoms with Crippen molar-refractivity contribution in [1.82, 2.24) is 10.2 Å². The van der Waals surface area contributed by atoms with Gasteiger partial charge in [-0.05, 0) is 25.5 Å². The van der Waals surface area contributed by atoms with E-state index in [1.54, 1.807) is 6.26 Å². The maximum atomic E-state index is 12.9. The van der Waals surface area contributed by atoms with Crippen molar-refractivity contribution in [3.8, 4) is 0 Å². The van der Waals surface area contributed by atoms with Gasteiger partial charge in [0.1, 0.15) is 5.76 Å². The zero-order chi connectivity index (χ0) is 14.6. The molecule has 1 saturated heterocycles. The van der Waals surface area contributed by atoms with E-state index in [1.807, 2.05) is 24.0 Å². The minimum absolute atomic E-state index is 0.0188. The summed E-state index contributed by atoms with van der Waals surface area (Å²) < 4.78 is 43.9. The first-order valence-corrected chi connectivity index (χ1v) is 7.00. The summed E-state index contributed by atoms with van der Waals surface area (Å²) in [6, 6.07) is 3.84. The Kier molecular flexibility index (Phi) is 5.10. The lowest BCUT2D eigenvalue weighted by Crippen LogP contribution is -2.42. The number of rotatable bonds is 4. The first kappa shape index (κ1) is 15.4. The number of halogens is 3. The average Bonchev–Trinajstić information content (AvgIpc) is 2.76. The van der Waals surface area contributed by atoms with Crippen LogP contribution in [0.2, 0.25) is 0 Å². The van der Waals surface area contributed by atoms with Crippen molar-refractivity contribution >= 4 is 0 Å². The zero-order valence-electron chi connectivity index (χ0n) is 11.6. The molecule has 6 heteroatoms. The second-order valence-electron chi connectivity index (χ2n) is 5.40. The van der Waals surface area contributed by atoms with Gasteiger partial charge >= 0.3 is 6.18 Å². The van der Waals surface area contributed by atoms with Gasteiger partial charge in [0.25, 0.3) is 0 Å². The molecule has 0 amide bonds. The molecule has 0 saturated carbocycles. The molecule has 0 bridgehead atoms. The van der Waals surface area contributed by atoms with E-state index in [-0.39, 0.29) is 19.1 Å². The quantitative estimate of drug-likeness (QED) is 0.924. The fraction of sp³-hybridized carbons (Fsp3) is 0.714. The van der Waals surface area contributed by atoms with Crippen molar-refractivity contribution in [3.05, 3.63) is 24.2 Å². The number of alkyl halides is 3. The topological polar surface area (TPSA) is 28.4 Å². The fourth-order valence-electron chi connectivity index (χ4n) is 2.55. The monoisotopic (exact) mass is 290 g/mol. The molecule has 114 valence electrons. The molecule has 20 heavy (non-hydrogen) atoms. The van der Waals surface area contributed by atoms with Crippen LogP contribution in [0.3, 0.4) is 0 Å². The third-order valence-electron chi connectivity index (χ3n) is 3.90. The van der Waals surface area contributed by atoms with Gasteiger partial charge in [-0.15, -0.1) is 0 Å². The highest BCUT2D eigenvalue weighted by molar-refractivity contribution is 4.98. The highest BCUT2D eigenvalue weighted by Gasteiger charge is 2.41. The summed E-state index contributed by atoms with van der Waals surface area (Å²) in [4.78, 5) is 1.93. The predicted octanol–water partition coefficient (Wildman–Crippen LogP) is 2.68. The lowest BCUT2D eigenvalue weighted by atomic mass is 10.1. The van der Waals surface area contributed by atoms with Crippen molar-refractivity contribution in [2.75, 3.05) is 26.2 Å². The van der Waals surface area contributed by atoms with Gasteiger partial charge in [-0.2, -0.15) is 13.2 Å². The van der Waals surface area contributed by atoms with Gasteiger partial charge in [0, 0.05) is 38.6 Å². The largest absolute Gasteiger partial charge is 0.469 e. The highest BCUT2D eigenvalue weighted by atomic mass is 19.4. The van der Waals surface area contributed by atoms with Crippen molar-refractivity contribution in [1.29, 1.82) is 0 Å². The summed E-state index contributed by atoms with van der Waals surface area (Å²) in [6.45, 7) is 3.35. The maximum absolute atomic E-state index is 12.9. The molecule has 1 aliphatic heterocycles. The second kappa shape index (κ2) is 6.63. The molecule has 1 aliphatic rings. The fourth-order valence-corrected chi connectivity index (χ4v) is 2.55. The standard InChI is InChI=1S/C14H21F3N2O/c1-11(4-5-13-3-2-8-20-13)19-7-6-18-9-12(10-19)14(15,16)17/h2-3,8,11-12,18H,4-7,9-10H2,1H3. The van der Waals surface area contributed by atoms with Gasteiger partial charge in [0.15, 0.2) is 0 Å². The SMILES string of the molecule is CC(CCc1ccco1)N1CCNCC(C(F)(F)F)C1. The Morgan fingerprint density at radius 2 is 2.30 bits per heavy atom. The van der Waals surface area contributed by atoms with Gasteiger partial charge in [-0.25, -0.2) is 0 Å². The summed E-state index contributed by atoms with van der Waals surface area (Å²) >= 11 is 0. The molecule has 0 radical (unpaired) electrons. The number of hydrogen-bond acceptors (Lipinski definition) is 3. The van der Waals surface area contributed by atoms with E-state index in [4.69, 9.17) is 4.42 Å². The molecule has 3 nitrogen and oxygen atoms in total. The minimum atomic E-state index is -4.13. The highest BCUT2D eigenvalue weighted by Crippen LogP contribution is 2.28.